The van der Waals surface area contributed by atoms with Crippen LogP contribution in [0.5, 0.6) is 0 Å². The molecule has 0 unspecified atom stereocenters. The molecule has 4 N–H and O–H groups in total. The Morgan fingerprint density at radius 3 is 2.54 bits per heavy atom. The van der Waals surface area contributed by atoms with Crippen LogP contribution in [0.3, 0.4) is 0 Å². The van der Waals surface area contributed by atoms with Gasteiger partial charge in [0.15, 0.2) is 0 Å². The summed E-state index contributed by atoms with van der Waals surface area (Å²) in [5.74, 6) is 1.53. The molecule has 0 aliphatic heterocycles. The highest BCUT2D eigenvalue weighted by atomic mass is 16.3. The minimum absolute atomic E-state index is 0.285. The first kappa shape index (κ1) is 30.4. The van der Waals surface area contributed by atoms with Crippen molar-refractivity contribution in [3.8, 4) is 0 Å². The number of hydrogen-bond donors (Lipinski definition) is 3. The minimum Gasteiger partial charge on any atom is -0.466 e. The summed E-state index contributed by atoms with van der Waals surface area (Å²) >= 11 is 0. The number of aromatic nitrogens is 6. The lowest BCUT2D eigenvalue weighted by Gasteiger charge is -2.11. The summed E-state index contributed by atoms with van der Waals surface area (Å²) in [5.41, 5.74) is 12.7. The van der Waals surface area contributed by atoms with E-state index in [1.54, 1.807) is 25.1 Å². The van der Waals surface area contributed by atoms with Crippen molar-refractivity contribution in [3.63, 3.8) is 0 Å². The summed E-state index contributed by atoms with van der Waals surface area (Å²) in [7, 11) is 0. The predicted octanol–water partition coefficient (Wildman–Crippen LogP) is 5.95. The van der Waals surface area contributed by atoms with Crippen LogP contribution in [-0.4, -0.2) is 40.7 Å². The van der Waals surface area contributed by atoms with Crippen LogP contribution in [0.4, 0.5) is 11.9 Å². The lowest BCUT2D eigenvalue weighted by molar-refractivity contribution is 0.0997. The zero-order valence-electron chi connectivity index (χ0n) is 26.6. The SMILES string of the molecule is CCn1nc(C)cc1CNc1nc2cc(C(N)=O)ccc2n1CC/C=C\n1c(NC(=O)c2cc(C)oc2C)nc2cccc(C)c21. The maximum atomic E-state index is 13.2. The maximum Gasteiger partial charge on any atom is 0.261 e. The van der Waals surface area contributed by atoms with E-state index in [2.05, 4.69) is 33.3 Å². The molecule has 0 bridgehead atoms. The van der Waals surface area contributed by atoms with E-state index in [1.165, 1.54) is 0 Å². The molecule has 6 rings (SSSR count). The third-order valence-corrected chi connectivity index (χ3v) is 7.94. The van der Waals surface area contributed by atoms with Crippen LogP contribution in [0.1, 0.15) is 62.5 Å². The van der Waals surface area contributed by atoms with Crippen LogP contribution >= 0.6 is 0 Å². The second-order valence-corrected chi connectivity index (χ2v) is 11.3. The number of allylic oxidation sites excluding steroid dienone is 1. The van der Waals surface area contributed by atoms with E-state index in [0.29, 0.717) is 59.6 Å². The van der Waals surface area contributed by atoms with E-state index in [4.69, 9.17) is 20.1 Å². The third-order valence-electron chi connectivity index (χ3n) is 7.94. The van der Waals surface area contributed by atoms with Crippen LogP contribution in [-0.2, 0) is 19.6 Å². The van der Waals surface area contributed by atoms with E-state index in [-0.39, 0.29) is 5.91 Å². The number of benzene rings is 2. The standard InChI is InChI=1S/C34H37N9O3/c1-6-43-25(16-21(3)40-43)19-36-33-38-28-18-24(31(35)44)12-13-29(28)41(33)14-7-8-15-42-30-20(2)10-9-11-27(30)37-34(42)39-32(45)26-17-22(4)46-23(26)5/h8-13,15-18H,6-7,14,19H2,1-5H3,(H2,35,44)(H,36,38)(H,37,39,45)/b15-8-. The molecular formula is C34H37N9O3. The fraction of sp³-hybridized carbons (Fsp3) is 0.265. The van der Waals surface area contributed by atoms with Crippen molar-refractivity contribution in [2.75, 3.05) is 10.6 Å². The number of hydrogen-bond acceptors (Lipinski definition) is 7. The maximum absolute atomic E-state index is 13.2. The molecule has 0 fully saturated rings. The van der Waals surface area contributed by atoms with Gasteiger partial charge in [0.05, 0.1) is 45.6 Å². The van der Waals surface area contributed by atoms with Gasteiger partial charge >= 0.3 is 0 Å². The first-order valence-electron chi connectivity index (χ1n) is 15.2. The smallest absolute Gasteiger partial charge is 0.261 e. The number of carbonyl (C=O) groups excluding carboxylic acids is 2. The lowest BCUT2D eigenvalue weighted by atomic mass is 10.2. The average molecular weight is 620 g/mol. The molecule has 0 radical (unpaired) electrons. The topological polar surface area (TPSA) is 151 Å². The number of primary amides is 1. The fourth-order valence-electron chi connectivity index (χ4n) is 5.79. The lowest BCUT2D eigenvalue weighted by Crippen LogP contribution is -2.15. The highest BCUT2D eigenvalue weighted by molar-refractivity contribution is 6.05. The molecule has 236 valence electrons. The quantitative estimate of drug-likeness (QED) is 0.162. The van der Waals surface area contributed by atoms with E-state index in [1.807, 2.05) is 66.6 Å². The molecule has 0 atom stereocenters. The first-order valence-corrected chi connectivity index (χ1v) is 15.2. The molecule has 6 aromatic rings. The van der Waals surface area contributed by atoms with Crippen LogP contribution in [0.25, 0.3) is 28.3 Å². The Morgan fingerprint density at radius 1 is 1.00 bits per heavy atom. The van der Waals surface area contributed by atoms with Gasteiger partial charge in [-0.15, -0.1) is 0 Å². The van der Waals surface area contributed by atoms with Crippen LogP contribution in [0, 0.1) is 27.7 Å². The number of furan rings is 1. The first-order chi connectivity index (χ1) is 22.1. The van der Waals surface area contributed by atoms with Crippen molar-refractivity contribution in [1.82, 2.24) is 28.9 Å². The monoisotopic (exact) mass is 619 g/mol. The predicted molar refractivity (Wildman–Crippen MR) is 179 cm³/mol. The Hall–Kier alpha value is -5.65. The molecule has 12 heteroatoms. The molecule has 4 heterocycles. The Kier molecular flexibility index (Phi) is 8.18. The number of anilines is 2. The van der Waals surface area contributed by atoms with Gasteiger partial charge in [-0.3, -0.25) is 24.2 Å². The van der Waals surface area contributed by atoms with Crippen molar-refractivity contribution in [2.45, 2.75) is 60.7 Å². The van der Waals surface area contributed by atoms with E-state index in [9.17, 15) is 9.59 Å². The summed E-state index contributed by atoms with van der Waals surface area (Å²) in [6.45, 7) is 11.5. The molecule has 12 nitrogen and oxygen atoms in total. The summed E-state index contributed by atoms with van der Waals surface area (Å²) < 4.78 is 11.5. The van der Waals surface area contributed by atoms with Crippen molar-refractivity contribution >= 4 is 52.0 Å². The van der Waals surface area contributed by atoms with Crippen molar-refractivity contribution in [3.05, 3.63) is 94.2 Å². The van der Waals surface area contributed by atoms with Gasteiger partial charge in [0.2, 0.25) is 17.8 Å². The summed E-state index contributed by atoms with van der Waals surface area (Å²) in [5, 5.41) is 11.0. The number of amides is 2. The van der Waals surface area contributed by atoms with Crippen LogP contribution < -0.4 is 16.4 Å². The highest BCUT2D eigenvalue weighted by Gasteiger charge is 2.19. The van der Waals surface area contributed by atoms with Crippen molar-refractivity contribution in [2.24, 2.45) is 5.73 Å². The Morgan fingerprint density at radius 2 is 1.80 bits per heavy atom. The number of nitrogens with two attached hydrogens (primary N) is 1. The molecule has 0 saturated heterocycles. The molecule has 0 aliphatic carbocycles. The molecule has 46 heavy (non-hydrogen) atoms. The molecule has 2 amide bonds. The number of rotatable bonds is 11. The number of carbonyl (C=O) groups is 2. The van der Waals surface area contributed by atoms with E-state index < -0.39 is 5.91 Å². The fourth-order valence-corrected chi connectivity index (χ4v) is 5.79. The molecule has 0 aliphatic rings. The second kappa shape index (κ2) is 12.4. The number of para-hydroxylation sites is 1. The third kappa shape index (κ3) is 5.88. The normalized spacial score (nSPS) is 11.7. The molecule has 2 aromatic carbocycles. The van der Waals surface area contributed by atoms with Gasteiger partial charge in [0.1, 0.15) is 11.5 Å². The largest absolute Gasteiger partial charge is 0.466 e. The van der Waals surface area contributed by atoms with Gasteiger partial charge in [-0.05, 0) is 83.0 Å². The summed E-state index contributed by atoms with van der Waals surface area (Å²) in [6.07, 6.45) is 4.62. The van der Waals surface area contributed by atoms with Gasteiger partial charge in [0.25, 0.3) is 5.91 Å². The van der Waals surface area contributed by atoms with E-state index >= 15 is 0 Å². The van der Waals surface area contributed by atoms with Gasteiger partial charge < -0.3 is 20.0 Å². The van der Waals surface area contributed by atoms with Gasteiger partial charge in [-0.2, -0.15) is 5.10 Å². The Bertz CT molecular complexity index is 2130. The number of imidazole rings is 2. The van der Waals surface area contributed by atoms with Crippen LogP contribution in [0.2, 0.25) is 0 Å². The minimum atomic E-state index is -0.500. The summed E-state index contributed by atoms with van der Waals surface area (Å²) in [4.78, 5) is 34.6. The Labute approximate surface area is 265 Å². The zero-order chi connectivity index (χ0) is 32.5. The van der Waals surface area contributed by atoms with Crippen LogP contribution in [0.15, 0.2) is 59.0 Å². The van der Waals surface area contributed by atoms with E-state index in [0.717, 1.165) is 40.0 Å². The molecule has 4 aromatic heterocycles. The number of nitrogens with zero attached hydrogens (tertiary/aromatic N) is 6. The Balaban J connectivity index is 1.28. The number of aryl methyl sites for hydroxylation is 6. The summed E-state index contributed by atoms with van der Waals surface area (Å²) in [6, 6.07) is 15.0. The van der Waals surface area contributed by atoms with Crippen molar-refractivity contribution < 1.29 is 14.0 Å². The van der Waals surface area contributed by atoms with Gasteiger partial charge in [-0.25, -0.2) is 9.97 Å². The molecule has 0 spiro atoms. The molecule has 0 saturated carbocycles. The zero-order valence-corrected chi connectivity index (χ0v) is 26.6. The highest BCUT2D eigenvalue weighted by Crippen LogP contribution is 2.26. The van der Waals surface area contributed by atoms with Crippen molar-refractivity contribution in [1.29, 1.82) is 0 Å². The average Bonchev–Trinajstić information content (AvgIpc) is 3.76. The van der Waals surface area contributed by atoms with Gasteiger partial charge in [-0.1, -0.05) is 18.2 Å². The number of fused-ring (bicyclic) bond motifs is 2. The molecular weight excluding hydrogens is 582 g/mol. The second-order valence-electron chi connectivity index (χ2n) is 11.3. The number of nitrogens with one attached hydrogen (secondary N) is 2. The van der Waals surface area contributed by atoms with Gasteiger partial charge in [0, 0.05) is 24.9 Å².